The van der Waals surface area contributed by atoms with Crippen LogP contribution in [0.25, 0.3) is 0 Å². The lowest BCUT2D eigenvalue weighted by Crippen LogP contribution is -2.49. The minimum Gasteiger partial charge on any atom is -0.508 e. The number of carbonyl (C=O) groups is 2. The molecule has 1 aliphatic carbocycles. The van der Waals surface area contributed by atoms with Gasteiger partial charge >= 0.3 is 0 Å². The summed E-state index contributed by atoms with van der Waals surface area (Å²) in [6.07, 6.45) is 2.31. The molecule has 0 saturated heterocycles. The molecule has 25 heavy (non-hydrogen) atoms. The van der Waals surface area contributed by atoms with E-state index in [4.69, 9.17) is 0 Å². The zero-order chi connectivity index (χ0) is 19.5. The Morgan fingerprint density at radius 2 is 1.68 bits per heavy atom. The first kappa shape index (κ1) is 21.3. The van der Waals surface area contributed by atoms with Gasteiger partial charge in [-0.15, -0.1) is 0 Å². The predicted octanol–water partition coefficient (Wildman–Crippen LogP) is 3.03. The average molecular weight is 350 g/mol. The van der Waals surface area contributed by atoms with Crippen LogP contribution in [0.4, 0.5) is 0 Å². The van der Waals surface area contributed by atoms with Crippen LogP contribution in [0.15, 0.2) is 34.6 Å². The standard InChI is InChI=1S/C20H30O5/c1-11(2)7-9-14-18(23)16(17(22)13(5)6)19(24)20(14,25)15(21)10-8-12(3)4/h7-8,13-15,21,24-25H,9-10H2,1-6H3/t14-,15+,20?/m1/s1. The molecule has 140 valence electrons. The van der Waals surface area contributed by atoms with Crippen LogP contribution in [0.5, 0.6) is 0 Å². The second-order valence-electron chi connectivity index (χ2n) is 7.53. The Morgan fingerprint density at radius 1 is 1.16 bits per heavy atom. The lowest BCUT2D eigenvalue weighted by molar-refractivity contribution is -0.134. The summed E-state index contributed by atoms with van der Waals surface area (Å²) in [5, 5.41) is 32.2. The van der Waals surface area contributed by atoms with Gasteiger partial charge in [-0.2, -0.15) is 0 Å². The van der Waals surface area contributed by atoms with Gasteiger partial charge in [-0.05, 0) is 40.5 Å². The fourth-order valence-electron chi connectivity index (χ4n) is 2.94. The Morgan fingerprint density at radius 3 is 2.12 bits per heavy atom. The Balaban J connectivity index is 3.42. The van der Waals surface area contributed by atoms with E-state index < -0.39 is 40.9 Å². The second-order valence-corrected chi connectivity index (χ2v) is 7.53. The monoisotopic (exact) mass is 350 g/mol. The van der Waals surface area contributed by atoms with E-state index in [-0.39, 0.29) is 18.4 Å². The number of ketones is 2. The normalized spacial score (nSPS) is 24.5. The van der Waals surface area contributed by atoms with Crippen molar-refractivity contribution in [2.45, 2.75) is 66.1 Å². The SMILES string of the molecule is CC(C)=CC[C@@H]1C(=O)C(C(=O)C(C)C)=C(O)C1(O)[C@@H](O)CC=C(C)C. The molecule has 1 aliphatic rings. The third kappa shape index (κ3) is 4.28. The molecular weight excluding hydrogens is 320 g/mol. The van der Waals surface area contributed by atoms with Crippen molar-refractivity contribution >= 4 is 11.6 Å². The maximum absolute atomic E-state index is 12.8. The molecule has 0 aromatic heterocycles. The molecule has 0 bridgehead atoms. The summed E-state index contributed by atoms with van der Waals surface area (Å²) >= 11 is 0. The summed E-state index contributed by atoms with van der Waals surface area (Å²) in [6.45, 7) is 10.6. The number of hydrogen-bond donors (Lipinski definition) is 3. The molecule has 0 amide bonds. The predicted molar refractivity (Wildman–Crippen MR) is 97.0 cm³/mol. The molecule has 5 heteroatoms. The highest BCUT2D eigenvalue weighted by Crippen LogP contribution is 2.43. The third-order valence-electron chi connectivity index (χ3n) is 4.50. The number of carbonyl (C=O) groups excluding carboxylic acids is 2. The van der Waals surface area contributed by atoms with Crippen LogP contribution in [0, 0.1) is 11.8 Å². The molecule has 0 saturated carbocycles. The Hall–Kier alpha value is -1.72. The van der Waals surface area contributed by atoms with Crippen LogP contribution in [0.3, 0.4) is 0 Å². The van der Waals surface area contributed by atoms with E-state index >= 15 is 0 Å². The highest BCUT2D eigenvalue weighted by molar-refractivity contribution is 6.24. The smallest absolute Gasteiger partial charge is 0.176 e. The molecule has 0 fully saturated rings. The van der Waals surface area contributed by atoms with E-state index in [0.717, 1.165) is 11.1 Å². The summed E-state index contributed by atoms with van der Waals surface area (Å²) in [7, 11) is 0. The number of Topliss-reactive ketones (excluding diaryl/α,β-unsaturated/α-hetero) is 2. The second kappa shape index (κ2) is 8.11. The first-order chi connectivity index (χ1) is 11.4. The zero-order valence-electron chi connectivity index (χ0n) is 16.0. The lowest BCUT2D eigenvalue weighted by Gasteiger charge is -2.33. The van der Waals surface area contributed by atoms with Gasteiger partial charge in [-0.25, -0.2) is 0 Å². The van der Waals surface area contributed by atoms with Gasteiger partial charge in [0.05, 0.1) is 12.0 Å². The van der Waals surface area contributed by atoms with Crippen molar-refractivity contribution < 1.29 is 24.9 Å². The Labute approximate surface area is 149 Å². The van der Waals surface area contributed by atoms with Crippen LogP contribution in [0.1, 0.15) is 54.4 Å². The van der Waals surface area contributed by atoms with E-state index in [1.54, 1.807) is 26.0 Å². The average Bonchev–Trinajstić information content (AvgIpc) is 2.69. The van der Waals surface area contributed by atoms with Crippen molar-refractivity contribution in [2.75, 3.05) is 0 Å². The molecule has 0 heterocycles. The molecule has 1 rings (SSSR count). The molecule has 0 aromatic rings. The van der Waals surface area contributed by atoms with Crippen LogP contribution >= 0.6 is 0 Å². The summed E-state index contributed by atoms with van der Waals surface area (Å²) in [5.41, 5.74) is -0.651. The number of rotatable bonds is 7. The number of aliphatic hydroxyl groups is 3. The molecule has 0 radical (unpaired) electrons. The van der Waals surface area contributed by atoms with Gasteiger partial charge < -0.3 is 15.3 Å². The van der Waals surface area contributed by atoms with Crippen molar-refractivity contribution in [1.82, 2.24) is 0 Å². The van der Waals surface area contributed by atoms with Crippen molar-refractivity contribution in [2.24, 2.45) is 11.8 Å². The van der Waals surface area contributed by atoms with Gasteiger partial charge in [-0.1, -0.05) is 37.1 Å². The fourth-order valence-corrected chi connectivity index (χ4v) is 2.94. The summed E-state index contributed by atoms with van der Waals surface area (Å²) < 4.78 is 0. The molecule has 3 atom stereocenters. The van der Waals surface area contributed by atoms with E-state index in [1.165, 1.54) is 0 Å². The quantitative estimate of drug-likeness (QED) is 0.484. The van der Waals surface area contributed by atoms with Crippen molar-refractivity contribution in [3.8, 4) is 0 Å². The summed E-state index contributed by atoms with van der Waals surface area (Å²) in [4.78, 5) is 25.1. The first-order valence-electron chi connectivity index (χ1n) is 8.63. The largest absolute Gasteiger partial charge is 0.508 e. The molecule has 1 unspecified atom stereocenters. The lowest BCUT2D eigenvalue weighted by atomic mass is 9.80. The maximum atomic E-state index is 12.8. The molecule has 5 nitrogen and oxygen atoms in total. The topological polar surface area (TPSA) is 94.8 Å². The zero-order valence-corrected chi connectivity index (χ0v) is 16.0. The van der Waals surface area contributed by atoms with E-state index in [1.807, 2.05) is 27.7 Å². The van der Waals surface area contributed by atoms with Crippen molar-refractivity contribution in [3.05, 3.63) is 34.6 Å². The van der Waals surface area contributed by atoms with Gasteiger partial charge in [0.25, 0.3) is 0 Å². The Bertz CT molecular complexity index is 630. The summed E-state index contributed by atoms with van der Waals surface area (Å²) in [6, 6.07) is 0. The molecule has 0 aromatic carbocycles. The highest BCUT2D eigenvalue weighted by Gasteiger charge is 2.58. The van der Waals surface area contributed by atoms with Gasteiger partial charge in [0.2, 0.25) is 0 Å². The van der Waals surface area contributed by atoms with Gasteiger partial charge in [0.1, 0.15) is 11.3 Å². The number of aliphatic hydroxyl groups excluding tert-OH is 2. The van der Waals surface area contributed by atoms with Crippen LogP contribution in [-0.2, 0) is 9.59 Å². The van der Waals surface area contributed by atoms with Crippen LogP contribution in [-0.4, -0.2) is 38.6 Å². The van der Waals surface area contributed by atoms with Gasteiger partial charge in [0, 0.05) is 5.92 Å². The van der Waals surface area contributed by atoms with Crippen molar-refractivity contribution in [3.63, 3.8) is 0 Å². The first-order valence-corrected chi connectivity index (χ1v) is 8.63. The molecule has 0 spiro atoms. The minimum atomic E-state index is -2.16. The van der Waals surface area contributed by atoms with E-state index in [2.05, 4.69) is 0 Å². The Kier molecular flexibility index (Phi) is 6.91. The third-order valence-corrected chi connectivity index (χ3v) is 4.50. The minimum absolute atomic E-state index is 0.0741. The van der Waals surface area contributed by atoms with Gasteiger partial charge in [-0.3, -0.25) is 9.59 Å². The fraction of sp³-hybridized carbons (Fsp3) is 0.600. The van der Waals surface area contributed by atoms with Gasteiger partial charge in [0.15, 0.2) is 17.2 Å². The van der Waals surface area contributed by atoms with E-state index in [0.29, 0.717) is 0 Å². The summed E-state index contributed by atoms with van der Waals surface area (Å²) in [5.74, 6) is -3.40. The van der Waals surface area contributed by atoms with E-state index in [9.17, 15) is 24.9 Å². The molecule has 3 N–H and O–H groups in total. The van der Waals surface area contributed by atoms with Crippen LogP contribution in [0.2, 0.25) is 0 Å². The number of hydrogen-bond acceptors (Lipinski definition) is 5. The molecular formula is C20H30O5. The van der Waals surface area contributed by atoms with Crippen LogP contribution < -0.4 is 0 Å². The maximum Gasteiger partial charge on any atom is 0.176 e. The highest BCUT2D eigenvalue weighted by atomic mass is 16.4. The molecule has 0 aliphatic heterocycles. The number of allylic oxidation sites excluding steroid dienone is 4. The van der Waals surface area contributed by atoms with Crippen molar-refractivity contribution in [1.29, 1.82) is 0 Å².